The number of hydrogen-bond acceptors (Lipinski definition) is 3. The lowest BCUT2D eigenvalue weighted by Crippen LogP contribution is -2.53. The zero-order valence-corrected chi connectivity index (χ0v) is 14.4. The molecule has 2 saturated carbocycles. The van der Waals surface area contributed by atoms with E-state index < -0.39 is 0 Å². The Morgan fingerprint density at radius 2 is 1.95 bits per heavy atom. The second-order valence-corrected chi connectivity index (χ2v) is 8.25. The van der Waals surface area contributed by atoms with Crippen LogP contribution in [0.5, 0.6) is 0 Å². The Morgan fingerprint density at radius 3 is 2.50 bits per heavy atom. The number of rotatable bonds is 2. The van der Waals surface area contributed by atoms with Crippen LogP contribution in [-0.4, -0.2) is 18.0 Å². The first kappa shape index (κ1) is 16.3. The van der Waals surface area contributed by atoms with Crippen LogP contribution in [0.3, 0.4) is 0 Å². The minimum atomic E-state index is 0. The minimum absolute atomic E-state index is 0. The van der Waals surface area contributed by atoms with Gasteiger partial charge in [0.05, 0.1) is 8.66 Å². The van der Waals surface area contributed by atoms with Gasteiger partial charge in [-0.25, -0.2) is 0 Å². The van der Waals surface area contributed by atoms with Gasteiger partial charge >= 0.3 is 0 Å². The molecule has 0 aliphatic heterocycles. The van der Waals surface area contributed by atoms with Crippen LogP contribution >= 0.6 is 39.7 Å². The standard InChI is InChI=1S/C14H19BrN2OS.ClH/c15-12-5-4-11(19-12)14(18)17-13-8-2-1-3-9(13)7-10(16)6-8;/h4-5,8-10,13H,1-3,6-7,16H2,(H,17,18);1H. The number of thiophene rings is 1. The molecule has 2 fully saturated rings. The fourth-order valence-corrected chi connectivity index (χ4v) is 4.97. The number of nitrogens with two attached hydrogens (primary N) is 1. The molecule has 0 aromatic carbocycles. The van der Waals surface area contributed by atoms with Crippen molar-refractivity contribution >= 4 is 45.6 Å². The van der Waals surface area contributed by atoms with Gasteiger partial charge in [-0.3, -0.25) is 4.79 Å². The van der Waals surface area contributed by atoms with Gasteiger partial charge in [0, 0.05) is 12.1 Å². The second-order valence-electron chi connectivity index (χ2n) is 5.79. The first-order chi connectivity index (χ1) is 9.13. The monoisotopic (exact) mass is 378 g/mol. The van der Waals surface area contributed by atoms with Crippen molar-refractivity contribution in [1.82, 2.24) is 5.32 Å². The first-order valence-corrected chi connectivity index (χ1v) is 8.56. The molecule has 2 bridgehead atoms. The minimum Gasteiger partial charge on any atom is -0.348 e. The summed E-state index contributed by atoms with van der Waals surface area (Å²) in [6.45, 7) is 0. The third kappa shape index (κ3) is 3.38. The maximum Gasteiger partial charge on any atom is 0.261 e. The molecular formula is C14H20BrClN2OS. The van der Waals surface area contributed by atoms with Gasteiger partial charge in [-0.2, -0.15) is 0 Å². The maximum atomic E-state index is 12.3. The smallest absolute Gasteiger partial charge is 0.261 e. The van der Waals surface area contributed by atoms with Crippen molar-refractivity contribution in [1.29, 1.82) is 0 Å². The maximum absolute atomic E-state index is 12.3. The summed E-state index contributed by atoms with van der Waals surface area (Å²) in [5, 5.41) is 3.27. The molecule has 3 N–H and O–H groups in total. The zero-order chi connectivity index (χ0) is 13.4. The highest BCUT2D eigenvalue weighted by Crippen LogP contribution is 2.39. The van der Waals surface area contributed by atoms with Crippen LogP contribution in [-0.2, 0) is 0 Å². The molecule has 1 aromatic heterocycles. The van der Waals surface area contributed by atoms with Crippen molar-refractivity contribution in [3.63, 3.8) is 0 Å². The van der Waals surface area contributed by atoms with Crippen LogP contribution < -0.4 is 11.1 Å². The summed E-state index contributed by atoms with van der Waals surface area (Å²) in [6.07, 6.45) is 5.84. The van der Waals surface area contributed by atoms with Crippen molar-refractivity contribution in [2.45, 2.75) is 44.2 Å². The van der Waals surface area contributed by atoms with Crippen molar-refractivity contribution < 1.29 is 4.79 Å². The molecule has 1 heterocycles. The molecule has 6 heteroatoms. The van der Waals surface area contributed by atoms with Crippen LogP contribution in [0.1, 0.15) is 41.8 Å². The van der Waals surface area contributed by atoms with Crippen LogP contribution in [0.25, 0.3) is 0 Å². The van der Waals surface area contributed by atoms with E-state index in [1.165, 1.54) is 30.6 Å². The van der Waals surface area contributed by atoms with E-state index in [4.69, 9.17) is 5.73 Å². The average Bonchev–Trinajstić information content (AvgIpc) is 2.77. The summed E-state index contributed by atoms with van der Waals surface area (Å²) in [7, 11) is 0. The Bertz CT molecular complexity index is 467. The normalized spacial score (nSPS) is 32.3. The largest absolute Gasteiger partial charge is 0.348 e. The Hall–Kier alpha value is -0.100. The summed E-state index contributed by atoms with van der Waals surface area (Å²) < 4.78 is 1.00. The van der Waals surface area contributed by atoms with E-state index in [9.17, 15) is 4.79 Å². The van der Waals surface area contributed by atoms with E-state index in [0.29, 0.717) is 23.9 Å². The van der Waals surface area contributed by atoms with E-state index in [2.05, 4.69) is 21.2 Å². The molecule has 2 atom stereocenters. The van der Waals surface area contributed by atoms with Gasteiger partial charge in [0.15, 0.2) is 0 Å². The van der Waals surface area contributed by atoms with Crippen molar-refractivity contribution in [2.24, 2.45) is 17.6 Å². The second kappa shape index (κ2) is 6.77. The molecule has 2 aliphatic rings. The zero-order valence-electron chi connectivity index (χ0n) is 11.2. The molecular weight excluding hydrogens is 360 g/mol. The van der Waals surface area contributed by atoms with Crippen LogP contribution in [0.15, 0.2) is 15.9 Å². The molecule has 3 nitrogen and oxygen atoms in total. The van der Waals surface area contributed by atoms with Gasteiger partial charge < -0.3 is 11.1 Å². The molecule has 0 spiro atoms. The predicted octanol–water partition coefficient (Wildman–Crippen LogP) is 3.57. The first-order valence-electron chi connectivity index (χ1n) is 6.95. The van der Waals surface area contributed by atoms with Crippen LogP contribution in [0.4, 0.5) is 0 Å². The fraction of sp³-hybridized carbons (Fsp3) is 0.643. The highest BCUT2D eigenvalue weighted by atomic mass is 79.9. The molecule has 0 saturated heterocycles. The Labute approximate surface area is 138 Å². The molecule has 1 aromatic rings. The van der Waals surface area contributed by atoms with Crippen molar-refractivity contribution in [2.75, 3.05) is 0 Å². The Kier molecular flexibility index (Phi) is 5.51. The van der Waals surface area contributed by atoms with Crippen molar-refractivity contribution in [3.8, 4) is 0 Å². The number of nitrogens with one attached hydrogen (secondary N) is 1. The van der Waals surface area contributed by atoms with E-state index >= 15 is 0 Å². The summed E-state index contributed by atoms with van der Waals surface area (Å²) in [4.78, 5) is 13.1. The van der Waals surface area contributed by atoms with E-state index in [1.54, 1.807) is 0 Å². The third-order valence-electron chi connectivity index (χ3n) is 4.47. The van der Waals surface area contributed by atoms with Gasteiger partial charge in [-0.05, 0) is 65.6 Å². The number of hydrogen-bond donors (Lipinski definition) is 2. The van der Waals surface area contributed by atoms with Gasteiger partial charge in [0.2, 0.25) is 0 Å². The lowest BCUT2D eigenvalue weighted by Gasteiger charge is -2.45. The summed E-state index contributed by atoms with van der Waals surface area (Å²) in [6, 6.07) is 4.48. The fourth-order valence-electron chi connectivity index (χ4n) is 3.68. The Morgan fingerprint density at radius 1 is 1.30 bits per heavy atom. The number of halogens is 2. The molecule has 2 unspecified atom stereocenters. The molecule has 112 valence electrons. The number of carbonyl (C=O) groups excluding carboxylic acids is 1. The lowest BCUT2D eigenvalue weighted by molar-refractivity contribution is 0.0759. The van der Waals surface area contributed by atoms with E-state index in [0.717, 1.165) is 21.5 Å². The summed E-state index contributed by atoms with van der Waals surface area (Å²) in [5.41, 5.74) is 6.12. The quantitative estimate of drug-likeness (QED) is 0.825. The van der Waals surface area contributed by atoms with Gasteiger partial charge in [0.1, 0.15) is 0 Å². The molecule has 20 heavy (non-hydrogen) atoms. The van der Waals surface area contributed by atoms with Gasteiger partial charge in [0.25, 0.3) is 5.91 Å². The third-order valence-corrected chi connectivity index (χ3v) is 6.09. The van der Waals surface area contributed by atoms with E-state index in [-0.39, 0.29) is 18.3 Å². The lowest BCUT2D eigenvalue weighted by atomic mass is 9.67. The SMILES string of the molecule is Cl.NC1CC2CCCC(C1)C2NC(=O)c1ccc(Br)s1. The predicted molar refractivity (Wildman–Crippen MR) is 88.6 cm³/mol. The number of fused-ring (bicyclic) bond motifs is 2. The summed E-state index contributed by atoms with van der Waals surface area (Å²) >= 11 is 4.90. The highest BCUT2D eigenvalue weighted by Gasteiger charge is 2.40. The summed E-state index contributed by atoms with van der Waals surface area (Å²) in [5.74, 6) is 1.23. The van der Waals surface area contributed by atoms with Gasteiger partial charge in [-0.1, -0.05) is 6.42 Å². The Balaban J connectivity index is 0.00000147. The average molecular weight is 380 g/mol. The number of amides is 1. The van der Waals surface area contributed by atoms with Crippen molar-refractivity contribution in [3.05, 3.63) is 20.8 Å². The molecule has 3 rings (SSSR count). The highest BCUT2D eigenvalue weighted by molar-refractivity contribution is 9.11. The van der Waals surface area contributed by atoms with E-state index in [1.807, 2.05) is 12.1 Å². The van der Waals surface area contributed by atoms with Crippen LogP contribution in [0, 0.1) is 11.8 Å². The van der Waals surface area contributed by atoms with Crippen LogP contribution in [0.2, 0.25) is 0 Å². The molecule has 2 aliphatic carbocycles. The number of carbonyl (C=O) groups is 1. The molecule has 0 radical (unpaired) electrons. The topological polar surface area (TPSA) is 55.1 Å². The van der Waals surface area contributed by atoms with Gasteiger partial charge in [-0.15, -0.1) is 23.7 Å². The molecule has 1 amide bonds.